The fourth-order valence-corrected chi connectivity index (χ4v) is 2.24. The maximum atomic E-state index is 11.8. The second-order valence-corrected chi connectivity index (χ2v) is 4.19. The van der Waals surface area contributed by atoms with Gasteiger partial charge in [-0.3, -0.25) is 4.79 Å². The second kappa shape index (κ2) is 3.57. The highest BCUT2D eigenvalue weighted by Crippen LogP contribution is 2.32. The number of anilines is 1. The lowest BCUT2D eigenvalue weighted by Crippen LogP contribution is -2.03. The van der Waals surface area contributed by atoms with Crippen LogP contribution in [0.4, 0.5) is 5.69 Å². The second-order valence-electron chi connectivity index (χ2n) is 3.47. The molecule has 0 saturated carbocycles. The van der Waals surface area contributed by atoms with Crippen molar-refractivity contribution in [2.24, 2.45) is 0 Å². The topological polar surface area (TPSA) is 42.0 Å². The lowest BCUT2D eigenvalue weighted by Gasteiger charge is -1.95. The van der Waals surface area contributed by atoms with Crippen LogP contribution in [0.15, 0.2) is 35.2 Å². The zero-order valence-electron chi connectivity index (χ0n) is 8.31. The molecule has 1 N–H and O–H groups in total. The molecule has 1 aliphatic rings. The van der Waals surface area contributed by atoms with Gasteiger partial charge in [0.05, 0.1) is 16.8 Å². The minimum absolute atomic E-state index is 0.0609. The van der Waals surface area contributed by atoms with Gasteiger partial charge in [0.25, 0.3) is 5.91 Å². The molecule has 16 heavy (non-hydrogen) atoms. The summed E-state index contributed by atoms with van der Waals surface area (Å²) in [6.07, 6.45) is 1.82. The Kier molecular flexibility index (Phi) is 2.08. The SMILES string of the molecule is O=C1Nc2ccccc2C1=Cc1cscn1. The van der Waals surface area contributed by atoms with Crippen LogP contribution in [0.5, 0.6) is 0 Å². The van der Waals surface area contributed by atoms with Crippen LogP contribution in [0.25, 0.3) is 11.6 Å². The van der Waals surface area contributed by atoms with Crippen LogP contribution in [0.1, 0.15) is 11.3 Å². The molecule has 0 bridgehead atoms. The maximum absolute atomic E-state index is 11.8. The fraction of sp³-hybridized carbons (Fsp3) is 0. The first-order chi connectivity index (χ1) is 7.84. The number of rotatable bonds is 1. The predicted octanol–water partition coefficient (Wildman–Crippen LogP) is 2.64. The third-order valence-corrected chi connectivity index (χ3v) is 3.06. The predicted molar refractivity (Wildman–Crippen MR) is 65.1 cm³/mol. The molecule has 1 amide bonds. The van der Waals surface area contributed by atoms with E-state index in [2.05, 4.69) is 10.3 Å². The van der Waals surface area contributed by atoms with Crippen molar-refractivity contribution in [2.75, 3.05) is 5.32 Å². The smallest absolute Gasteiger partial charge is 0.256 e. The van der Waals surface area contributed by atoms with Crippen LogP contribution in [0.3, 0.4) is 0 Å². The highest BCUT2D eigenvalue weighted by atomic mass is 32.1. The summed E-state index contributed by atoms with van der Waals surface area (Å²) in [4.78, 5) is 15.9. The van der Waals surface area contributed by atoms with Crippen LogP contribution >= 0.6 is 11.3 Å². The third-order valence-electron chi connectivity index (χ3n) is 2.45. The fourth-order valence-electron chi connectivity index (χ4n) is 1.72. The van der Waals surface area contributed by atoms with Gasteiger partial charge in [0.1, 0.15) is 0 Å². The summed E-state index contributed by atoms with van der Waals surface area (Å²) in [6, 6.07) is 7.67. The number of amides is 1. The number of fused-ring (bicyclic) bond motifs is 1. The number of hydrogen-bond acceptors (Lipinski definition) is 3. The Bertz CT molecular complexity index is 572. The molecule has 2 heterocycles. The molecule has 4 heteroatoms. The van der Waals surface area contributed by atoms with Crippen molar-refractivity contribution in [2.45, 2.75) is 0 Å². The van der Waals surface area contributed by atoms with E-state index in [0.29, 0.717) is 5.57 Å². The van der Waals surface area contributed by atoms with Crippen molar-refractivity contribution in [3.63, 3.8) is 0 Å². The number of aromatic nitrogens is 1. The van der Waals surface area contributed by atoms with Gasteiger partial charge in [-0.05, 0) is 12.1 Å². The number of nitrogens with zero attached hydrogens (tertiary/aromatic N) is 1. The summed E-state index contributed by atoms with van der Waals surface area (Å²) < 4.78 is 0. The average Bonchev–Trinajstić information content (AvgIpc) is 2.89. The van der Waals surface area contributed by atoms with E-state index in [1.807, 2.05) is 35.7 Å². The van der Waals surface area contributed by atoms with Gasteiger partial charge in [-0.1, -0.05) is 18.2 Å². The molecule has 3 rings (SSSR count). The van der Waals surface area contributed by atoms with Gasteiger partial charge in [0, 0.05) is 16.6 Å². The van der Waals surface area contributed by atoms with Gasteiger partial charge >= 0.3 is 0 Å². The van der Waals surface area contributed by atoms with Crippen LogP contribution in [-0.2, 0) is 4.79 Å². The Hall–Kier alpha value is -1.94. The van der Waals surface area contributed by atoms with E-state index >= 15 is 0 Å². The van der Waals surface area contributed by atoms with Gasteiger partial charge < -0.3 is 5.32 Å². The molecule has 0 unspecified atom stereocenters. The Labute approximate surface area is 96.5 Å². The zero-order chi connectivity index (χ0) is 11.0. The van der Waals surface area contributed by atoms with Gasteiger partial charge in [-0.15, -0.1) is 11.3 Å². The van der Waals surface area contributed by atoms with Gasteiger partial charge in [0.2, 0.25) is 0 Å². The minimum Gasteiger partial charge on any atom is -0.321 e. The quantitative estimate of drug-likeness (QED) is 0.762. The standard InChI is InChI=1S/C12H8N2OS/c15-12-10(5-8-6-16-7-13-8)9-3-1-2-4-11(9)14-12/h1-7H,(H,14,15). The number of benzene rings is 1. The molecule has 0 saturated heterocycles. The molecule has 78 valence electrons. The molecule has 1 aromatic carbocycles. The summed E-state index contributed by atoms with van der Waals surface area (Å²) >= 11 is 1.52. The first-order valence-corrected chi connectivity index (χ1v) is 5.79. The Morgan fingerprint density at radius 2 is 2.19 bits per heavy atom. The Morgan fingerprint density at radius 1 is 1.31 bits per heavy atom. The monoisotopic (exact) mass is 228 g/mol. The van der Waals surface area contributed by atoms with Gasteiger partial charge in [0.15, 0.2) is 0 Å². The van der Waals surface area contributed by atoms with E-state index < -0.39 is 0 Å². The summed E-state index contributed by atoms with van der Waals surface area (Å²) in [7, 11) is 0. The number of hydrogen-bond donors (Lipinski definition) is 1. The van der Waals surface area contributed by atoms with E-state index in [1.165, 1.54) is 11.3 Å². The van der Waals surface area contributed by atoms with Crippen LogP contribution < -0.4 is 5.32 Å². The zero-order valence-corrected chi connectivity index (χ0v) is 9.12. The highest BCUT2D eigenvalue weighted by molar-refractivity contribution is 7.07. The number of carbonyl (C=O) groups is 1. The summed E-state index contributed by atoms with van der Waals surface area (Å²) in [6.45, 7) is 0. The number of para-hydroxylation sites is 1. The normalized spacial score (nSPS) is 16.2. The summed E-state index contributed by atoms with van der Waals surface area (Å²) in [5.41, 5.74) is 5.08. The van der Waals surface area contributed by atoms with Gasteiger partial charge in [-0.25, -0.2) is 4.98 Å². The molecular weight excluding hydrogens is 220 g/mol. The van der Waals surface area contributed by atoms with E-state index in [9.17, 15) is 4.79 Å². The van der Waals surface area contributed by atoms with E-state index in [4.69, 9.17) is 0 Å². The number of thiazole rings is 1. The Morgan fingerprint density at radius 3 is 3.00 bits per heavy atom. The average molecular weight is 228 g/mol. The highest BCUT2D eigenvalue weighted by Gasteiger charge is 2.23. The van der Waals surface area contributed by atoms with Crippen molar-refractivity contribution in [3.8, 4) is 0 Å². The number of carbonyl (C=O) groups excluding carboxylic acids is 1. The molecule has 0 spiro atoms. The van der Waals surface area contributed by atoms with Crippen molar-refractivity contribution < 1.29 is 4.79 Å². The molecule has 0 aliphatic carbocycles. The van der Waals surface area contributed by atoms with Crippen LogP contribution in [-0.4, -0.2) is 10.9 Å². The van der Waals surface area contributed by atoms with E-state index in [-0.39, 0.29) is 5.91 Å². The molecule has 2 aromatic rings. The lowest BCUT2D eigenvalue weighted by molar-refractivity contribution is -0.110. The van der Waals surface area contributed by atoms with Crippen molar-refractivity contribution >= 4 is 34.6 Å². The lowest BCUT2D eigenvalue weighted by atomic mass is 10.1. The van der Waals surface area contributed by atoms with Crippen molar-refractivity contribution in [1.82, 2.24) is 4.98 Å². The number of nitrogens with one attached hydrogen (secondary N) is 1. The van der Waals surface area contributed by atoms with E-state index in [1.54, 1.807) is 5.51 Å². The largest absolute Gasteiger partial charge is 0.321 e. The first-order valence-electron chi connectivity index (χ1n) is 4.85. The van der Waals surface area contributed by atoms with Gasteiger partial charge in [-0.2, -0.15) is 0 Å². The maximum Gasteiger partial charge on any atom is 0.256 e. The third kappa shape index (κ3) is 1.44. The summed E-state index contributed by atoms with van der Waals surface area (Å²) in [5, 5.41) is 4.75. The molecule has 0 fully saturated rings. The van der Waals surface area contributed by atoms with E-state index in [0.717, 1.165) is 16.9 Å². The molecular formula is C12H8N2OS. The molecule has 1 aromatic heterocycles. The van der Waals surface area contributed by atoms with Crippen LogP contribution in [0.2, 0.25) is 0 Å². The molecule has 1 aliphatic heterocycles. The van der Waals surface area contributed by atoms with Crippen molar-refractivity contribution in [3.05, 3.63) is 46.4 Å². The summed E-state index contributed by atoms with van der Waals surface area (Å²) in [5.74, 6) is -0.0609. The van der Waals surface area contributed by atoms with Crippen LogP contribution in [0, 0.1) is 0 Å². The minimum atomic E-state index is -0.0609. The molecule has 0 radical (unpaired) electrons. The van der Waals surface area contributed by atoms with Crippen molar-refractivity contribution in [1.29, 1.82) is 0 Å². The molecule has 0 atom stereocenters. The first kappa shape index (κ1) is 9.30. The Balaban J connectivity index is 2.12. The molecule has 3 nitrogen and oxygen atoms in total.